The summed E-state index contributed by atoms with van der Waals surface area (Å²) in [5, 5.41) is 25.7. The average molecular weight is 1060 g/mol. The van der Waals surface area contributed by atoms with Crippen LogP contribution in [-0.2, 0) is 38.0 Å². The molecule has 19 nitrogen and oxygen atoms in total. The number of aliphatic hydroxyl groups is 1. The third kappa shape index (κ3) is 20.2. The summed E-state index contributed by atoms with van der Waals surface area (Å²) in [6.07, 6.45) is 3.96. The van der Waals surface area contributed by atoms with E-state index in [4.69, 9.17) is 28.4 Å². The van der Waals surface area contributed by atoms with Gasteiger partial charge in [-0.15, -0.1) is 0 Å². The Bertz CT molecular complexity index is 1790. The van der Waals surface area contributed by atoms with Crippen LogP contribution < -0.4 is 26.6 Å². The van der Waals surface area contributed by atoms with Crippen LogP contribution in [0.3, 0.4) is 0 Å². The van der Waals surface area contributed by atoms with Gasteiger partial charge in [0.25, 0.3) is 5.91 Å². The number of nitrogens with one attached hydrogen (secondary N) is 5. The van der Waals surface area contributed by atoms with Gasteiger partial charge in [0.1, 0.15) is 12.1 Å². The van der Waals surface area contributed by atoms with Crippen molar-refractivity contribution in [2.75, 3.05) is 91.5 Å². The van der Waals surface area contributed by atoms with Gasteiger partial charge < -0.3 is 60.1 Å². The summed E-state index contributed by atoms with van der Waals surface area (Å²) < 4.78 is 34.3. The van der Waals surface area contributed by atoms with E-state index in [2.05, 4.69) is 84.1 Å². The number of aliphatic hydroxyl groups excluding tert-OH is 1. The highest BCUT2D eigenvalue weighted by Crippen LogP contribution is 2.47. The number of urea groups is 1. The first-order valence-corrected chi connectivity index (χ1v) is 25.9. The molecule has 0 bridgehead atoms. The molecule has 2 aliphatic carbocycles. The van der Waals surface area contributed by atoms with E-state index in [1.54, 1.807) is 27.9 Å². The summed E-state index contributed by atoms with van der Waals surface area (Å²) in [4.78, 5) is 77.4. The molecular formula is C50H89BrN6O13. The number of carbonyl (C=O) groups is 6. The zero-order valence-corrected chi connectivity index (χ0v) is 46.3. The quantitative estimate of drug-likeness (QED) is 0.0218. The molecule has 6 N–H and O–H groups in total. The lowest BCUT2D eigenvalue weighted by atomic mass is 9.62. The molecular weight excluding hydrogens is 972 g/mol. The molecule has 7 atom stereocenters. The molecule has 0 spiro atoms. The predicted octanol–water partition coefficient (Wildman–Crippen LogP) is 6.67. The van der Waals surface area contributed by atoms with Crippen LogP contribution >= 0.6 is 15.9 Å². The number of nitrogens with zero attached hydrogens (tertiary/aromatic N) is 1. The van der Waals surface area contributed by atoms with Crippen molar-refractivity contribution < 1.29 is 62.3 Å². The van der Waals surface area contributed by atoms with Crippen LogP contribution in [-0.4, -0.2) is 155 Å². The van der Waals surface area contributed by atoms with Crippen LogP contribution in [0.1, 0.15) is 134 Å². The Labute approximate surface area is 425 Å². The van der Waals surface area contributed by atoms with Gasteiger partial charge in [-0.2, -0.15) is 0 Å². The maximum Gasteiger partial charge on any atom is 0.407 e. The number of unbranched alkanes of at least 4 members (excludes halogenated alkanes) is 1. The Kier molecular flexibility index (Phi) is 22.1. The lowest BCUT2D eigenvalue weighted by Crippen LogP contribution is -2.51. The molecule has 70 heavy (non-hydrogen) atoms. The fraction of sp³-hybridized carbons (Fsp3) is 0.880. The van der Waals surface area contributed by atoms with Crippen molar-refractivity contribution in [3.05, 3.63) is 0 Å². The Morgan fingerprint density at radius 2 is 1.16 bits per heavy atom. The van der Waals surface area contributed by atoms with E-state index < -0.39 is 40.7 Å². The summed E-state index contributed by atoms with van der Waals surface area (Å²) in [6, 6.07) is -0.692. The Hall–Kier alpha value is -3.46. The molecule has 404 valence electrons. The maximum absolute atomic E-state index is 13.3. The second-order valence-corrected chi connectivity index (χ2v) is 25.3. The van der Waals surface area contributed by atoms with Crippen molar-refractivity contribution in [2.24, 2.45) is 37.9 Å². The molecule has 3 aliphatic rings. The van der Waals surface area contributed by atoms with Gasteiger partial charge in [-0.1, -0.05) is 78.2 Å². The smallest absolute Gasteiger partial charge is 0.407 e. The first-order valence-electron chi connectivity index (χ1n) is 24.8. The fourth-order valence-electron chi connectivity index (χ4n) is 10.8. The summed E-state index contributed by atoms with van der Waals surface area (Å²) in [5.74, 6) is -0.408. The number of hydrogen-bond acceptors (Lipinski definition) is 13. The minimum Gasteiger partial charge on any atom is -0.450 e. The van der Waals surface area contributed by atoms with E-state index in [0.717, 1.165) is 25.7 Å². The number of carbonyl (C=O) groups excluding carboxylic acids is 6. The maximum atomic E-state index is 13.3. The van der Waals surface area contributed by atoms with Gasteiger partial charge in [0.05, 0.1) is 52.9 Å². The highest BCUT2D eigenvalue weighted by molar-refractivity contribution is 9.09. The van der Waals surface area contributed by atoms with Gasteiger partial charge in [0.15, 0.2) is 0 Å². The third-order valence-corrected chi connectivity index (χ3v) is 14.8. The van der Waals surface area contributed by atoms with Crippen molar-refractivity contribution in [3.8, 4) is 0 Å². The Morgan fingerprint density at radius 3 is 1.59 bits per heavy atom. The Balaban J connectivity index is 1.43. The minimum absolute atomic E-state index is 0.00452. The standard InChI is InChI=1S/C50H89BrN6O13/c1-35(59)54-36-18-43(2,3)22-46(8,20-36)25-52-40(62)68-16-14-15-17-69-41(63)53-26-47(9)21-37(19-44(4,5)23-47)55-42(64)70-34-50(12,28-58)33-67-32-49(11,31-66-30-48(10,24-51)29-65-13)27-57-38(60)45(6,7)56-39(57)61/h36-37,58H,14-34H2,1-13H3,(H,52,62)(H,53,63)(H,54,59)(H,55,64)(H,56,61). The van der Waals surface area contributed by atoms with Crippen LogP contribution in [0.15, 0.2) is 0 Å². The molecule has 7 amide bonds. The highest BCUT2D eigenvalue weighted by atomic mass is 79.9. The van der Waals surface area contributed by atoms with Crippen molar-refractivity contribution >= 4 is 52.1 Å². The van der Waals surface area contributed by atoms with Gasteiger partial charge in [0.2, 0.25) is 5.91 Å². The molecule has 0 aromatic heterocycles. The minimum atomic E-state index is -1.05. The number of halogens is 1. The van der Waals surface area contributed by atoms with E-state index in [-0.39, 0.29) is 104 Å². The number of amides is 7. The van der Waals surface area contributed by atoms with Crippen LogP contribution in [0.4, 0.5) is 19.2 Å². The van der Waals surface area contributed by atoms with Crippen molar-refractivity contribution in [1.82, 2.24) is 31.5 Å². The number of alkyl carbamates (subject to hydrolysis) is 3. The second-order valence-electron chi connectivity index (χ2n) is 24.7. The predicted molar refractivity (Wildman–Crippen MR) is 268 cm³/mol. The van der Waals surface area contributed by atoms with E-state index in [0.29, 0.717) is 57.3 Å². The Morgan fingerprint density at radius 1 is 0.686 bits per heavy atom. The topological polar surface area (TPSA) is 241 Å². The van der Waals surface area contributed by atoms with Gasteiger partial charge in [-0.3, -0.25) is 14.5 Å². The zero-order chi connectivity index (χ0) is 52.8. The van der Waals surface area contributed by atoms with E-state index >= 15 is 0 Å². The van der Waals surface area contributed by atoms with Gasteiger partial charge in [0, 0.05) is 67.3 Å². The molecule has 3 fully saturated rings. The second kappa shape index (κ2) is 25.5. The summed E-state index contributed by atoms with van der Waals surface area (Å²) in [6.45, 7) is 24.9. The molecule has 2 saturated carbocycles. The van der Waals surface area contributed by atoms with Crippen LogP contribution in [0.2, 0.25) is 0 Å². The van der Waals surface area contributed by atoms with Crippen LogP contribution in [0, 0.1) is 37.9 Å². The number of rotatable bonds is 27. The summed E-state index contributed by atoms with van der Waals surface area (Å²) in [5.41, 5.74) is -3.88. The third-order valence-electron chi connectivity index (χ3n) is 13.5. The van der Waals surface area contributed by atoms with Crippen molar-refractivity contribution in [2.45, 2.75) is 152 Å². The molecule has 7 unspecified atom stereocenters. The van der Waals surface area contributed by atoms with Crippen LogP contribution in [0.25, 0.3) is 0 Å². The number of alkyl halides is 1. The molecule has 0 radical (unpaired) electrons. The first kappa shape index (κ1) is 60.8. The molecule has 0 aromatic carbocycles. The number of hydrogen-bond donors (Lipinski definition) is 6. The number of methoxy groups -OCH3 is 1. The summed E-state index contributed by atoms with van der Waals surface area (Å²) >= 11 is 3.54. The van der Waals surface area contributed by atoms with E-state index in [1.807, 2.05) is 13.8 Å². The average Bonchev–Trinajstić information content (AvgIpc) is 3.41. The van der Waals surface area contributed by atoms with Crippen molar-refractivity contribution in [3.63, 3.8) is 0 Å². The molecule has 1 heterocycles. The highest BCUT2D eigenvalue weighted by Gasteiger charge is 2.48. The van der Waals surface area contributed by atoms with E-state index in [1.165, 1.54) is 11.8 Å². The SMILES string of the molecule is COCC(C)(CBr)COCC(C)(COCC(C)(CO)COC(=O)NC1CC(C)(C)CC(C)(CNC(=O)OCCCCOC(=O)NCC2(C)CC(NC(C)=O)CC(C)(C)C2)C1)CN1C(=O)NC(C)(C)C1=O. The molecule has 0 aromatic rings. The van der Waals surface area contributed by atoms with Crippen LogP contribution in [0.5, 0.6) is 0 Å². The van der Waals surface area contributed by atoms with Gasteiger partial charge >= 0.3 is 24.3 Å². The monoisotopic (exact) mass is 1060 g/mol. The normalized spacial score (nSPS) is 26.4. The van der Waals surface area contributed by atoms with Gasteiger partial charge in [-0.25, -0.2) is 19.2 Å². The zero-order valence-electron chi connectivity index (χ0n) is 44.7. The van der Waals surface area contributed by atoms with Gasteiger partial charge in [-0.05, 0) is 86.9 Å². The first-order chi connectivity index (χ1) is 32.3. The molecule has 20 heteroatoms. The lowest BCUT2D eigenvalue weighted by molar-refractivity contribution is -0.133. The molecule has 3 rings (SSSR count). The van der Waals surface area contributed by atoms with E-state index in [9.17, 15) is 33.9 Å². The number of ether oxygens (including phenoxy) is 6. The fourth-order valence-corrected chi connectivity index (χ4v) is 11.2. The largest absolute Gasteiger partial charge is 0.450 e. The number of imide groups is 1. The molecule has 1 aliphatic heterocycles. The lowest BCUT2D eigenvalue weighted by Gasteiger charge is -2.46. The van der Waals surface area contributed by atoms with Crippen molar-refractivity contribution in [1.29, 1.82) is 0 Å². The summed E-state index contributed by atoms with van der Waals surface area (Å²) in [7, 11) is 1.62. The molecule has 1 saturated heterocycles.